The van der Waals surface area contributed by atoms with Gasteiger partial charge in [-0.25, -0.2) is 12.8 Å². The number of hydrogen-bond acceptors (Lipinski definition) is 3. The number of sulfonamides is 1. The van der Waals surface area contributed by atoms with Crippen LogP contribution in [0.15, 0.2) is 41.3 Å². The van der Waals surface area contributed by atoms with E-state index in [-0.39, 0.29) is 17.2 Å². The van der Waals surface area contributed by atoms with E-state index in [4.69, 9.17) is 0 Å². The van der Waals surface area contributed by atoms with Crippen molar-refractivity contribution in [2.24, 2.45) is 0 Å². The Morgan fingerprint density at radius 3 is 2.43 bits per heavy atom. The molecule has 0 fully saturated rings. The number of aliphatic hydroxyl groups is 1. The molecule has 0 bridgehead atoms. The van der Waals surface area contributed by atoms with Crippen LogP contribution in [0.4, 0.5) is 10.1 Å². The molecule has 0 saturated heterocycles. The van der Waals surface area contributed by atoms with Gasteiger partial charge in [0.2, 0.25) is 0 Å². The van der Waals surface area contributed by atoms with Crippen LogP contribution in [0.1, 0.15) is 16.7 Å². The first-order valence-electron chi connectivity index (χ1n) is 6.33. The van der Waals surface area contributed by atoms with Gasteiger partial charge in [0.1, 0.15) is 5.82 Å². The zero-order chi connectivity index (χ0) is 15.6. The highest BCUT2D eigenvalue weighted by Gasteiger charge is 2.16. The number of anilines is 1. The summed E-state index contributed by atoms with van der Waals surface area (Å²) < 4.78 is 40.3. The van der Waals surface area contributed by atoms with Crippen molar-refractivity contribution >= 4 is 15.7 Å². The van der Waals surface area contributed by atoms with Gasteiger partial charge in [0, 0.05) is 0 Å². The Balaban J connectivity index is 2.41. The van der Waals surface area contributed by atoms with Crippen molar-refractivity contribution in [3.8, 4) is 0 Å². The maximum Gasteiger partial charge on any atom is 0.261 e. The Bertz CT molecular complexity index is 772. The number of halogens is 1. The van der Waals surface area contributed by atoms with E-state index in [9.17, 15) is 17.9 Å². The lowest BCUT2D eigenvalue weighted by molar-refractivity contribution is 0.281. The minimum Gasteiger partial charge on any atom is -0.392 e. The summed E-state index contributed by atoms with van der Waals surface area (Å²) >= 11 is 0. The average molecular weight is 309 g/mol. The SMILES string of the molecule is Cc1ccc(S(=O)(=O)Nc2cc(F)ccc2C)cc1CO. The van der Waals surface area contributed by atoms with E-state index in [0.29, 0.717) is 11.1 Å². The Hall–Kier alpha value is -1.92. The number of nitrogens with one attached hydrogen (secondary N) is 1. The van der Waals surface area contributed by atoms with Crippen molar-refractivity contribution in [2.75, 3.05) is 4.72 Å². The highest BCUT2D eigenvalue weighted by molar-refractivity contribution is 7.92. The molecule has 0 aliphatic rings. The Morgan fingerprint density at radius 1 is 1.10 bits per heavy atom. The van der Waals surface area contributed by atoms with Crippen LogP contribution in [0.3, 0.4) is 0 Å². The third kappa shape index (κ3) is 3.40. The first kappa shape index (κ1) is 15.5. The van der Waals surface area contributed by atoms with Crippen LogP contribution >= 0.6 is 0 Å². The normalized spacial score (nSPS) is 11.4. The second-order valence-electron chi connectivity index (χ2n) is 4.81. The molecule has 0 amide bonds. The topological polar surface area (TPSA) is 66.4 Å². The minimum atomic E-state index is -3.83. The molecule has 0 atom stereocenters. The van der Waals surface area contributed by atoms with E-state index in [1.165, 1.54) is 24.3 Å². The van der Waals surface area contributed by atoms with Crippen molar-refractivity contribution in [3.05, 3.63) is 58.9 Å². The van der Waals surface area contributed by atoms with Gasteiger partial charge in [-0.1, -0.05) is 12.1 Å². The highest BCUT2D eigenvalue weighted by atomic mass is 32.2. The summed E-state index contributed by atoms with van der Waals surface area (Å²) in [6, 6.07) is 8.38. The quantitative estimate of drug-likeness (QED) is 0.912. The first-order chi connectivity index (χ1) is 9.83. The molecule has 0 radical (unpaired) electrons. The molecule has 0 saturated carbocycles. The Kier molecular flexibility index (Phi) is 4.29. The van der Waals surface area contributed by atoms with Crippen molar-refractivity contribution in [3.63, 3.8) is 0 Å². The van der Waals surface area contributed by atoms with Crippen molar-refractivity contribution in [2.45, 2.75) is 25.3 Å². The molecule has 0 aliphatic heterocycles. The summed E-state index contributed by atoms with van der Waals surface area (Å²) in [5, 5.41) is 9.21. The fraction of sp³-hybridized carbons (Fsp3) is 0.200. The molecule has 21 heavy (non-hydrogen) atoms. The summed E-state index contributed by atoms with van der Waals surface area (Å²) in [5.74, 6) is -0.516. The molecule has 6 heteroatoms. The molecule has 0 spiro atoms. The second-order valence-corrected chi connectivity index (χ2v) is 6.49. The van der Waals surface area contributed by atoms with E-state index < -0.39 is 15.8 Å². The molecule has 2 aromatic carbocycles. The first-order valence-corrected chi connectivity index (χ1v) is 7.81. The maximum atomic E-state index is 13.2. The number of rotatable bonds is 4. The largest absolute Gasteiger partial charge is 0.392 e. The van der Waals surface area contributed by atoms with E-state index >= 15 is 0 Å². The van der Waals surface area contributed by atoms with Crippen molar-refractivity contribution < 1.29 is 17.9 Å². The summed E-state index contributed by atoms with van der Waals surface area (Å²) in [6.45, 7) is 3.23. The molecule has 0 aliphatic carbocycles. The van der Waals surface area contributed by atoms with Gasteiger partial charge in [-0.15, -0.1) is 0 Å². The van der Waals surface area contributed by atoms with Crippen LogP contribution in [0.25, 0.3) is 0 Å². The van der Waals surface area contributed by atoms with E-state index in [1.807, 2.05) is 0 Å². The monoisotopic (exact) mass is 309 g/mol. The van der Waals surface area contributed by atoms with Crippen LogP contribution in [0.5, 0.6) is 0 Å². The fourth-order valence-corrected chi connectivity index (χ4v) is 3.07. The number of hydrogen-bond donors (Lipinski definition) is 2. The summed E-state index contributed by atoms with van der Waals surface area (Å²) in [7, 11) is -3.83. The van der Waals surface area contributed by atoms with Gasteiger partial charge in [-0.05, 0) is 54.8 Å². The predicted molar refractivity (Wildman–Crippen MR) is 79.0 cm³/mol. The average Bonchev–Trinajstić information content (AvgIpc) is 2.43. The summed E-state index contributed by atoms with van der Waals surface area (Å²) in [4.78, 5) is 0.0285. The van der Waals surface area contributed by atoms with Gasteiger partial charge in [0.25, 0.3) is 10.0 Å². The van der Waals surface area contributed by atoms with E-state index in [2.05, 4.69) is 4.72 Å². The standard InChI is InChI=1S/C15H16FNO3S/c1-10-4-6-14(7-12(10)9-18)21(19,20)17-15-8-13(16)5-3-11(15)2/h3-8,17-18H,9H2,1-2H3. The molecule has 0 aromatic heterocycles. The zero-order valence-electron chi connectivity index (χ0n) is 11.7. The molecule has 2 rings (SSSR count). The minimum absolute atomic E-state index is 0.0285. The number of benzene rings is 2. The predicted octanol–water partition coefficient (Wildman–Crippen LogP) is 2.74. The molecular weight excluding hydrogens is 293 g/mol. The lowest BCUT2D eigenvalue weighted by Gasteiger charge is -2.12. The lowest BCUT2D eigenvalue weighted by Crippen LogP contribution is -2.14. The van der Waals surface area contributed by atoms with Crippen LogP contribution in [-0.4, -0.2) is 13.5 Å². The second kappa shape index (κ2) is 5.83. The third-order valence-electron chi connectivity index (χ3n) is 3.25. The van der Waals surface area contributed by atoms with Crippen molar-refractivity contribution in [1.82, 2.24) is 0 Å². The highest BCUT2D eigenvalue weighted by Crippen LogP contribution is 2.22. The van der Waals surface area contributed by atoms with Gasteiger partial charge >= 0.3 is 0 Å². The van der Waals surface area contributed by atoms with Gasteiger partial charge < -0.3 is 5.11 Å². The van der Waals surface area contributed by atoms with Gasteiger partial charge in [0.15, 0.2) is 0 Å². The van der Waals surface area contributed by atoms with Crippen LogP contribution < -0.4 is 4.72 Å². The Morgan fingerprint density at radius 2 is 1.76 bits per heavy atom. The Labute approximate surface area is 123 Å². The van der Waals surface area contributed by atoms with Gasteiger partial charge in [-0.2, -0.15) is 0 Å². The van der Waals surface area contributed by atoms with Crippen LogP contribution in [-0.2, 0) is 16.6 Å². The van der Waals surface area contributed by atoms with Crippen LogP contribution in [0, 0.1) is 19.7 Å². The van der Waals surface area contributed by atoms with Crippen LogP contribution in [0.2, 0.25) is 0 Å². The lowest BCUT2D eigenvalue weighted by atomic mass is 10.1. The molecule has 112 valence electrons. The number of aliphatic hydroxyl groups excluding tert-OH is 1. The summed E-state index contributed by atoms with van der Waals surface area (Å²) in [5.41, 5.74) is 2.16. The molecule has 2 N–H and O–H groups in total. The summed E-state index contributed by atoms with van der Waals surface area (Å²) in [6.07, 6.45) is 0. The molecule has 0 heterocycles. The van der Waals surface area contributed by atoms with Crippen molar-refractivity contribution in [1.29, 1.82) is 0 Å². The number of aryl methyl sites for hydroxylation is 2. The van der Waals surface area contributed by atoms with E-state index in [0.717, 1.165) is 11.6 Å². The van der Waals surface area contributed by atoms with Gasteiger partial charge in [-0.3, -0.25) is 4.72 Å². The molecule has 2 aromatic rings. The van der Waals surface area contributed by atoms with Gasteiger partial charge in [0.05, 0.1) is 17.2 Å². The molecular formula is C15H16FNO3S. The molecule has 0 unspecified atom stereocenters. The maximum absolute atomic E-state index is 13.2. The van der Waals surface area contributed by atoms with E-state index in [1.54, 1.807) is 19.9 Å². The third-order valence-corrected chi connectivity index (χ3v) is 4.61. The molecule has 4 nitrogen and oxygen atoms in total. The zero-order valence-corrected chi connectivity index (χ0v) is 12.5. The smallest absolute Gasteiger partial charge is 0.261 e. The fourth-order valence-electron chi connectivity index (χ4n) is 1.89.